The number of nitrogens with one attached hydrogen (secondary N) is 1. The molecule has 1 N–H and O–H groups in total. The molecule has 4 nitrogen and oxygen atoms in total. The quantitative estimate of drug-likeness (QED) is 0.425. The summed E-state index contributed by atoms with van der Waals surface area (Å²) in [5, 5.41) is 3.21. The standard InChI is InChI=1S/C29H32ClFN2O2/c1-20-10-8-13-22(16-20)19-33(27(34)18-23-24(30)14-9-15-25(23)31)26(28(35)32-29(2,3)4)17-21-11-6-5-7-12-21/h5-16,26H,17-19H2,1-4H3,(H,32,35). The summed E-state index contributed by atoms with van der Waals surface area (Å²) in [6, 6.07) is 20.9. The number of hydrogen-bond acceptors (Lipinski definition) is 2. The Morgan fingerprint density at radius 2 is 1.63 bits per heavy atom. The summed E-state index contributed by atoms with van der Waals surface area (Å²) in [6.07, 6.45) is 0.0801. The van der Waals surface area contributed by atoms with E-state index in [-0.39, 0.29) is 35.4 Å². The molecule has 3 rings (SSSR count). The molecule has 0 aromatic heterocycles. The van der Waals surface area contributed by atoms with E-state index in [1.165, 1.54) is 12.1 Å². The summed E-state index contributed by atoms with van der Waals surface area (Å²) in [7, 11) is 0. The molecule has 0 radical (unpaired) electrons. The van der Waals surface area contributed by atoms with Crippen molar-refractivity contribution in [3.8, 4) is 0 Å². The Kier molecular flexibility index (Phi) is 8.68. The van der Waals surface area contributed by atoms with Crippen LogP contribution in [-0.2, 0) is 29.0 Å². The number of rotatable bonds is 8. The van der Waals surface area contributed by atoms with Gasteiger partial charge in [-0.2, -0.15) is 0 Å². The largest absolute Gasteiger partial charge is 0.350 e. The molecule has 2 amide bonds. The summed E-state index contributed by atoms with van der Waals surface area (Å²) in [4.78, 5) is 28.8. The highest BCUT2D eigenvalue weighted by Gasteiger charge is 2.32. The molecule has 3 aromatic carbocycles. The van der Waals surface area contributed by atoms with Crippen LogP contribution in [0.4, 0.5) is 4.39 Å². The number of benzene rings is 3. The molecule has 0 fully saturated rings. The molecule has 0 aliphatic carbocycles. The van der Waals surface area contributed by atoms with Gasteiger partial charge in [-0.05, 0) is 51.0 Å². The third-order valence-corrected chi connectivity index (χ3v) is 5.95. The summed E-state index contributed by atoms with van der Waals surface area (Å²) in [5.41, 5.74) is 2.50. The molecule has 1 unspecified atom stereocenters. The van der Waals surface area contributed by atoms with E-state index in [0.29, 0.717) is 6.42 Å². The van der Waals surface area contributed by atoms with Gasteiger partial charge in [-0.15, -0.1) is 0 Å². The van der Waals surface area contributed by atoms with Crippen molar-refractivity contribution in [1.82, 2.24) is 10.2 Å². The molecule has 0 saturated heterocycles. The van der Waals surface area contributed by atoms with Crippen LogP contribution in [0.2, 0.25) is 5.02 Å². The van der Waals surface area contributed by atoms with Crippen molar-refractivity contribution >= 4 is 23.4 Å². The predicted octanol–water partition coefficient (Wildman–Crippen LogP) is 5.88. The summed E-state index contributed by atoms with van der Waals surface area (Å²) < 4.78 is 14.5. The molecule has 0 saturated carbocycles. The van der Waals surface area contributed by atoms with E-state index >= 15 is 0 Å². The molecule has 0 aliphatic heterocycles. The second-order valence-corrected chi connectivity index (χ2v) is 10.2. The SMILES string of the molecule is Cc1cccc(CN(C(=O)Cc2c(F)cccc2Cl)C(Cc2ccccc2)C(=O)NC(C)(C)C)c1. The Morgan fingerprint density at radius 1 is 0.971 bits per heavy atom. The first-order valence-corrected chi connectivity index (χ1v) is 12.0. The Bertz CT molecular complexity index is 1150. The van der Waals surface area contributed by atoms with Gasteiger partial charge in [0.1, 0.15) is 11.9 Å². The first-order chi connectivity index (χ1) is 16.5. The fourth-order valence-electron chi connectivity index (χ4n) is 3.97. The first kappa shape index (κ1) is 26.4. The summed E-state index contributed by atoms with van der Waals surface area (Å²) in [5.74, 6) is -1.18. The lowest BCUT2D eigenvalue weighted by Crippen LogP contribution is -2.54. The van der Waals surface area contributed by atoms with Crippen LogP contribution < -0.4 is 5.32 Å². The van der Waals surface area contributed by atoms with Crippen LogP contribution in [0.3, 0.4) is 0 Å². The maximum Gasteiger partial charge on any atom is 0.243 e. The lowest BCUT2D eigenvalue weighted by atomic mass is 9.99. The Balaban J connectivity index is 2.03. The topological polar surface area (TPSA) is 49.4 Å². The second-order valence-electron chi connectivity index (χ2n) is 9.83. The van der Waals surface area contributed by atoms with Crippen molar-refractivity contribution in [1.29, 1.82) is 0 Å². The number of hydrogen-bond donors (Lipinski definition) is 1. The van der Waals surface area contributed by atoms with Crippen molar-refractivity contribution in [3.05, 3.63) is 106 Å². The van der Waals surface area contributed by atoms with E-state index in [9.17, 15) is 14.0 Å². The zero-order chi connectivity index (χ0) is 25.6. The maximum absolute atomic E-state index is 14.5. The highest BCUT2D eigenvalue weighted by Crippen LogP contribution is 2.23. The molecular weight excluding hydrogens is 463 g/mol. The monoisotopic (exact) mass is 494 g/mol. The molecule has 184 valence electrons. The van der Waals surface area contributed by atoms with Gasteiger partial charge >= 0.3 is 0 Å². The van der Waals surface area contributed by atoms with Gasteiger partial charge in [-0.3, -0.25) is 9.59 Å². The van der Waals surface area contributed by atoms with Crippen molar-refractivity contribution in [3.63, 3.8) is 0 Å². The van der Waals surface area contributed by atoms with Crippen molar-refractivity contribution in [2.24, 2.45) is 0 Å². The minimum absolute atomic E-state index is 0.128. The van der Waals surface area contributed by atoms with Crippen LogP contribution in [0.1, 0.15) is 43.0 Å². The maximum atomic E-state index is 14.5. The molecule has 0 bridgehead atoms. The lowest BCUT2D eigenvalue weighted by molar-refractivity contribution is -0.141. The zero-order valence-corrected chi connectivity index (χ0v) is 21.4. The normalized spacial score (nSPS) is 12.2. The Hall–Kier alpha value is -3.18. The van der Waals surface area contributed by atoms with Gasteiger partial charge in [0.15, 0.2) is 0 Å². The third-order valence-electron chi connectivity index (χ3n) is 5.59. The minimum Gasteiger partial charge on any atom is -0.350 e. The Labute approximate surface area is 212 Å². The van der Waals surface area contributed by atoms with E-state index < -0.39 is 17.4 Å². The Morgan fingerprint density at radius 3 is 2.26 bits per heavy atom. The summed E-state index contributed by atoms with van der Waals surface area (Å²) in [6.45, 7) is 7.88. The second kappa shape index (κ2) is 11.5. The highest BCUT2D eigenvalue weighted by atomic mass is 35.5. The zero-order valence-electron chi connectivity index (χ0n) is 20.6. The van der Waals surface area contributed by atoms with E-state index in [0.717, 1.165) is 16.7 Å². The molecule has 3 aromatic rings. The van der Waals surface area contributed by atoms with E-state index in [4.69, 9.17) is 11.6 Å². The molecular formula is C29H32ClFN2O2. The first-order valence-electron chi connectivity index (χ1n) is 11.7. The number of nitrogens with zero attached hydrogens (tertiary/aromatic N) is 1. The van der Waals surface area contributed by atoms with Gasteiger partial charge in [0.2, 0.25) is 11.8 Å². The van der Waals surface area contributed by atoms with Crippen molar-refractivity contribution in [2.45, 2.75) is 58.7 Å². The van der Waals surface area contributed by atoms with Crippen LogP contribution in [-0.4, -0.2) is 28.3 Å². The average Bonchev–Trinajstić information content (AvgIpc) is 2.78. The molecule has 0 spiro atoms. The third kappa shape index (κ3) is 7.66. The average molecular weight is 495 g/mol. The molecule has 0 heterocycles. The van der Waals surface area contributed by atoms with Gasteiger partial charge in [-0.25, -0.2) is 4.39 Å². The van der Waals surface area contributed by atoms with E-state index in [2.05, 4.69) is 5.32 Å². The van der Waals surface area contributed by atoms with Gasteiger partial charge < -0.3 is 10.2 Å². The van der Waals surface area contributed by atoms with E-state index in [1.54, 1.807) is 11.0 Å². The fourth-order valence-corrected chi connectivity index (χ4v) is 4.20. The predicted molar refractivity (Wildman–Crippen MR) is 139 cm³/mol. The smallest absolute Gasteiger partial charge is 0.243 e. The molecule has 6 heteroatoms. The van der Waals surface area contributed by atoms with Crippen LogP contribution in [0.25, 0.3) is 0 Å². The van der Waals surface area contributed by atoms with Gasteiger partial charge in [0.05, 0.1) is 6.42 Å². The van der Waals surface area contributed by atoms with Crippen LogP contribution in [0.15, 0.2) is 72.8 Å². The van der Waals surface area contributed by atoms with E-state index in [1.807, 2.05) is 82.3 Å². The number of carbonyl (C=O) groups is 2. The van der Waals surface area contributed by atoms with Crippen LogP contribution in [0, 0.1) is 12.7 Å². The number of carbonyl (C=O) groups excluding carboxylic acids is 2. The van der Waals surface area contributed by atoms with Gasteiger partial charge in [0, 0.05) is 29.1 Å². The minimum atomic E-state index is -0.796. The van der Waals surface area contributed by atoms with Gasteiger partial charge in [0.25, 0.3) is 0 Å². The van der Waals surface area contributed by atoms with Crippen LogP contribution >= 0.6 is 11.6 Å². The molecule has 35 heavy (non-hydrogen) atoms. The molecule has 0 aliphatic rings. The number of amides is 2. The highest BCUT2D eigenvalue weighted by molar-refractivity contribution is 6.31. The molecule has 1 atom stereocenters. The summed E-state index contributed by atoms with van der Waals surface area (Å²) >= 11 is 6.23. The van der Waals surface area contributed by atoms with Crippen LogP contribution in [0.5, 0.6) is 0 Å². The van der Waals surface area contributed by atoms with Gasteiger partial charge in [-0.1, -0.05) is 77.8 Å². The fraction of sp³-hybridized carbons (Fsp3) is 0.310. The number of aryl methyl sites for hydroxylation is 1. The lowest BCUT2D eigenvalue weighted by Gasteiger charge is -2.34. The van der Waals surface area contributed by atoms with Crippen molar-refractivity contribution < 1.29 is 14.0 Å². The van der Waals surface area contributed by atoms with Crippen molar-refractivity contribution in [2.75, 3.05) is 0 Å². The number of halogens is 2.